The van der Waals surface area contributed by atoms with Crippen LogP contribution in [0.4, 0.5) is 0 Å². The van der Waals surface area contributed by atoms with E-state index in [2.05, 4.69) is 20.8 Å². The van der Waals surface area contributed by atoms with E-state index in [1.54, 1.807) is 18.2 Å². The number of hydrogen-bond donors (Lipinski definition) is 2. The number of amides is 1. The van der Waals surface area contributed by atoms with Crippen LogP contribution in [0.15, 0.2) is 23.0 Å². The lowest BCUT2D eigenvalue weighted by atomic mass is 9.69. The number of nitrogens with two attached hydrogens (primary N) is 2. The monoisotopic (exact) mass is 420 g/mol. The van der Waals surface area contributed by atoms with Gasteiger partial charge in [-0.1, -0.05) is 27.2 Å². The first-order valence-electron chi connectivity index (χ1n) is 10.1. The van der Waals surface area contributed by atoms with E-state index < -0.39 is 11.6 Å². The molecule has 1 heterocycles. The Morgan fingerprint density at radius 1 is 1.21 bits per heavy atom. The van der Waals surface area contributed by atoms with E-state index in [1.165, 1.54) is 9.13 Å². The van der Waals surface area contributed by atoms with Crippen molar-refractivity contribution in [2.75, 3.05) is 6.54 Å². The van der Waals surface area contributed by atoms with Crippen molar-refractivity contribution in [1.29, 1.82) is 0 Å². The van der Waals surface area contributed by atoms with Crippen LogP contribution in [-0.2, 0) is 6.54 Å². The molecule has 2 aromatic rings. The van der Waals surface area contributed by atoms with Crippen LogP contribution in [0.3, 0.4) is 0 Å². The van der Waals surface area contributed by atoms with E-state index in [9.17, 15) is 14.4 Å². The topological polar surface area (TPSA) is 113 Å². The third kappa shape index (κ3) is 4.28. The van der Waals surface area contributed by atoms with Crippen molar-refractivity contribution in [2.24, 2.45) is 35.1 Å². The summed E-state index contributed by atoms with van der Waals surface area (Å²) in [5, 5.41) is 0. The van der Waals surface area contributed by atoms with Gasteiger partial charge in [0.25, 0.3) is 0 Å². The molecule has 29 heavy (non-hydrogen) atoms. The molecular weight excluding hydrogens is 388 g/mol. The fourth-order valence-corrected chi connectivity index (χ4v) is 4.62. The van der Waals surface area contributed by atoms with Crippen LogP contribution >= 0.6 is 13.5 Å². The van der Waals surface area contributed by atoms with Crippen LogP contribution in [-0.4, -0.2) is 27.5 Å². The molecule has 8 heteroatoms. The highest BCUT2D eigenvalue weighted by molar-refractivity contribution is 7.59. The summed E-state index contributed by atoms with van der Waals surface area (Å²) in [6, 6.07) is 4.77. The quantitative estimate of drug-likeness (QED) is 0.773. The second-order valence-corrected chi connectivity index (χ2v) is 8.40. The Hall–Kier alpha value is -2.06. The summed E-state index contributed by atoms with van der Waals surface area (Å²) in [4.78, 5) is 38.3. The van der Waals surface area contributed by atoms with E-state index in [0.29, 0.717) is 28.4 Å². The van der Waals surface area contributed by atoms with Gasteiger partial charge in [0.15, 0.2) is 0 Å². The van der Waals surface area contributed by atoms with E-state index in [-0.39, 0.29) is 44.3 Å². The Morgan fingerprint density at radius 3 is 2.48 bits per heavy atom. The van der Waals surface area contributed by atoms with Gasteiger partial charge in [0.05, 0.1) is 11.0 Å². The third-order valence-corrected chi connectivity index (χ3v) is 6.13. The summed E-state index contributed by atoms with van der Waals surface area (Å²) < 4.78 is 2.75. The highest BCUT2D eigenvalue weighted by Crippen LogP contribution is 2.39. The summed E-state index contributed by atoms with van der Waals surface area (Å²) in [6.45, 7) is 6.97. The normalized spacial score (nSPS) is 21.9. The van der Waals surface area contributed by atoms with Gasteiger partial charge in [-0.2, -0.15) is 13.5 Å². The molecule has 0 aliphatic heterocycles. The smallest absolute Gasteiger partial charge is 0.336 e. The van der Waals surface area contributed by atoms with Crippen molar-refractivity contribution in [1.82, 2.24) is 9.13 Å². The standard InChI is InChI=1S/C21H30N4O3.H2S/c1-12(2)15-6-4-13(3)10-16(15)20(27)25-17-7-5-14(19(23)26)11-18(17)24(9-8-22)21(25)28;/h5,7,11-13,15-16H,4,6,8-10,22H2,1-3H3,(H2,23,26);1H2/t13-,15+,16-;/m1./s1. The molecule has 1 aromatic carbocycles. The van der Waals surface area contributed by atoms with Crippen LogP contribution < -0.4 is 17.2 Å². The van der Waals surface area contributed by atoms with Crippen LogP contribution in [0, 0.1) is 23.7 Å². The third-order valence-electron chi connectivity index (χ3n) is 6.13. The second-order valence-electron chi connectivity index (χ2n) is 8.40. The Bertz CT molecular complexity index is 963. The highest BCUT2D eigenvalue weighted by Gasteiger charge is 2.37. The lowest BCUT2D eigenvalue weighted by molar-refractivity contribution is 0.0633. The van der Waals surface area contributed by atoms with Crippen molar-refractivity contribution < 1.29 is 9.59 Å². The van der Waals surface area contributed by atoms with E-state index >= 15 is 0 Å². The maximum absolute atomic E-state index is 13.6. The molecule has 1 fully saturated rings. The van der Waals surface area contributed by atoms with Gasteiger partial charge < -0.3 is 11.5 Å². The highest BCUT2D eigenvalue weighted by atomic mass is 32.1. The number of fused-ring (bicyclic) bond motifs is 1. The van der Waals surface area contributed by atoms with Crippen LogP contribution in [0.25, 0.3) is 11.0 Å². The Labute approximate surface area is 177 Å². The second kappa shape index (κ2) is 9.17. The van der Waals surface area contributed by atoms with Crippen LogP contribution in [0.2, 0.25) is 0 Å². The Balaban J connectivity index is 0.00000300. The Morgan fingerprint density at radius 2 is 1.90 bits per heavy atom. The molecule has 3 rings (SSSR count). The van der Waals surface area contributed by atoms with Gasteiger partial charge in [0.1, 0.15) is 0 Å². The minimum atomic E-state index is -0.575. The zero-order chi connectivity index (χ0) is 20.6. The van der Waals surface area contributed by atoms with E-state index in [0.717, 1.165) is 19.3 Å². The molecule has 0 unspecified atom stereocenters. The lowest BCUT2D eigenvalue weighted by Gasteiger charge is -2.36. The number of rotatable bonds is 5. The molecule has 7 nitrogen and oxygen atoms in total. The van der Waals surface area contributed by atoms with Gasteiger partial charge in [-0.3, -0.25) is 14.2 Å². The van der Waals surface area contributed by atoms with Crippen molar-refractivity contribution in [3.05, 3.63) is 34.2 Å². The fraction of sp³-hybridized carbons (Fsp3) is 0.571. The van der Waals surface area contributed by atoms with Gasteiger partial charge in [-0.05, 0) is 48.8 Å². The Kier molecular flexibility index (Phi) is 7.35. The van der Waals surface area contributed by atoms with Gasteiger partial charge in [-0.25, -0.2) is 9.36 Å². The number of benzene rings is 1. The number of primary amides is 1. The first-order valence-corrected chi connectivity index (χ1v) is 10.1. The molecule has 0 radical (unpaired) electrons. The number of imidazole rings is 1. The molecule has 0 spiro atoms. The molecule has 1 aliphatic rings. The molecule has 0 bridgehead atoms. The predicted octanol–water partition coefficient (Wildman–Crippen LogP) is 2.32. The number of aromatic nitrogens is 2. The predicted molar refractivity (Wildman–Crippen MR) is 120 cm³/mol. The molecule has 1 aromatic heterocycles. The van der Waals surface area contributed by atoms with Gasteiger partial charge in [0, 0.05) is 24.6 Å². The average molecular weight is 421 g/mol. The largest absolute Gasteiger partial charge is 0.366 e. The number of hydrogen-bond acceptors (Lipinski definition) is 4. The van der Waals surface area contributed by atoms with Crippen LogP contribution in [0.5, 0.6) is 0 Å². The van der Waals surface area contributed by atoms with Crippen molar-refractivity contribution in [3.63, 3.8) is 0 Å². The number of carbonyl (C=O) groups is 2. The lowest BCUT2D eigenvalue weighted by Crippen LogP contribution is -2.40. The summed E-state index contributed by atoms with van der Waals surface area (Å²) in [5.74, 6) is 0.175. The van der Waals surface area contributed by atoms with Crippen molar-refractivity contribution >= 4 is 36.3 Å². The van der Waals surface area contributed by atoms with Gasteiger partial charge in [0.2, 0.25) is 11.8 Å². The summed E-state index contributed by atoms with van der Waals surface area (Å²) in [6.07, 6.45) is 2.90. The molecule has 4 N–H and O–H groups in total. The van der Waals surface area contributed by atoms with Crippen LogP contribution in [0.1, 0.15) is 55.2 Å². The zero-order valence-electron chi connectivity index (χ0n) is 17.4. The summed E-state index contributed by atoms with van der Waals surface area (Å²) in [5.41, 5.74) is 12.0. The number of nitrogens with zero attached hydrogens (tertiary/aromatic N) is 2. The summed E-state index contributed by atoms with van der Waals surface area (Å²) >= 11 is 0. The molecule has 160 valence electrons. The molecule has 1 saturated carbocycles. The first-order chi connectivity index (χ1) is 13.3. The molecule has 1 amide bonds. The van der Waals surface area contributed by atoms with Gasteiger partial charge in [-0.15, -0.1) is 0 Å². The van der Waals surface area contributed by atoms with E-state index in [4.69, 9.17) is 11.5 Å². The number of carbonyl (C=O) groups excluding carboxylic acids is 2. The van der Waals surface area contributed by atoms with Crippen molar-refractivity contribution in [2.45, 2.75) is 46.6 Å². The summed E-state index contributed by atoms with van der Waals surface area (Å²) in [7, 11) is 0. The first kappa shape index (κ1) is 23.2. The zero-order valence-corrected chi connectivity index (χ0v) is 18.4. The van der Waals surface area contributed by atoms with Crippen molar-refractivity contribution in [3.8, 4) is 0 Å². The SMILES string of the molecule is CC(C)[C@@H]1CC[C@@H](C)C[C@H]1C(=O)n1c(=O)n(CCN)c2cc(C(N)=O)ccc21.S. The minimum Gasteiger partial charge on any atom is -0.366 e. The maximum Gasteiger partial charge on any atom is 0.336 e. The fourth-order valence-electron chi connectivity index (χ4n) is 4.62. The van der Waals surface area contributed by atoms with E-state index in [1.807, 2.05) is 0 Å². The minimum absolute atomic E-state index is 0. The molecule has 3 atom stereocenters. The average Bonchev–Trinajstić information content (AvgIpc) is 2.92. The van der Waals surface area contributed by atoms with Gasteiger partial charge >= 0.3 is 5.69 Å². The maximum atomic E-state index is 13.6. The molecular formula is C21H32N4O3S. The molecule has 0 saturated heterocycles. The molecule has 1 aliphatic carbocycles.